The topological polar surface area (TPSA) is 38.0 Å². The van der Waals surface area contributed by atoms with Gasteiger partial charge >= 0.3 is 0 Å². The molecule has 0 radical (unpaired) electrons. The van der Waals surface area contributed by atoms with Crippen molar-refractivity contribution in [3.8, 4) is 0 Å². The molecule has 0 aromatic heterocycles. The van der Waals surface area contributed by atoms with Crippen molar-refractivity contribution in [2.24, 2.45) is 0 Å². The fourth-order valence-corrected chi connectivity index (χ4v) is 2.05. The zero-order valence-corrected chi connectivity index (χ0v) is 11.9. The molecule has 0 atom stereocenters. The fraction of sp³-hybridized carbons (Fsp3) is 0.0769. The van der Waals surface area contributed by atoms with Crippen LogP contribution in [0, 0.1) is 12.7 Å². The smallest absolute Gasteiger partial charge is 0.144 e. The van der Waals surface area contributed by atoms with E-state index in [-0.39, 0.29) is 5.02 Å². The van der Waals surface area contributed by atoms with Crippen LogP contribution in [-0.2, 0) is 0 Å². The average molecular weight is 330 g/mol. The molecule has 2 aromatic carbocycles. The van der Waals surface area contributed by atoms with Crippen LogP contribution in [0.25, 0.3) is 0 Å². The van der Waals surface area contributed by atoms with Crippen molar-refractivity contribution in [1.29, 1.82) is 0 Å². The number of nitrogens with two attached hydrogens (primary N) is 1. The highest BCUT2D eigenvalue weighted by Crippen LogP contribution is 2.30. The van der Waals surface area contributed by atoms with E-state index in [1.165, 1.54) is 12.1 Å². The quantitative estimate of drug-likeness (QED) is 0.771. The normalized spacial score (nSPS) is 10.4. The highest BCUT2D eigenvalue weighted by molar-refractivity contribution is 9.10. The lowest BCUT2D eigenvalue weighted by Gasteiger charge is -2.11. The van der Waals surface area contributed by atoms with Crippen molar-refractivity contribution in [3.63, 3.8) is 0 Å². The minimum atomic E-state index is -0.500. The molecule has 3 N–H and O–H groups in total. The zero-order chi connectivity index (χ0) is 13.3. The van der Waals surface area contributed by atoms with Crippen molar-refractivity contribution in [1.82, 2.24) is 0 Å². The first-order valence-corrected chi connectivity index (χ1v) is 6.42. The Labute approximate surface area is 118 Å². The number of nitrogen functional groups attached to an aromatic ring is 1. The van der Waals surface area contributed by atoms with Crippen LogP contribution in [-0.4, -0.2) is 0 Å². The van der Waals surface area contributed by atoms with Gasteiger partial charge in [0.15, 0.2) is 0 Å². The van der Waals surface area contributed by atoms with Crippen molar-refractivity contribution in [2.45, 2.75) is 6.92 Å². The lowest BCUT2D eigenvalue weighted by Crippen LogP contribution is -1.98. The van der Waals surface area contributed by atoms with E-state index in [1.54, 1.807) is 0 Å². The maximum atomic E-state index is 13.4. The molecule has 18 heavy (non-hydrogen) atoms. The number of nitrogens with one attached hydrogen (secondary N) is 1. The van der Waals surface area contributed by atoms with Gasteiger partial charge in [-0.2, -0.15) is 0 Å². The van der Waals surface area contributed by atoms with E-state index in [9.17, 15) is 4.39 Å². The van der Waals surface area contributed by atoms with Crippen LogP contribution in [0.1, 0.15) is 5.56 Å². The molecule has 5 heteroatoms. The Balaban J connectivity index is 2.34. The van der Waals surface area contributed by atoms with Gasteiger partial charge in [0, 0.05) is 16.2 Å². The average Bonchev–Trinajstić information content (AvgIpc) is 2.31. The minimum Gasteiger partial charge on any atom is -0.397 e. The van der Waals surface area contributed by atoms with Crippen LogP contribution in [0.5, 0.6) is 0 Å². The molecule has 0 unspecified atom stereocenters. The van der Waals surface area contributed by atoms with E-state index in [2.05, 4.69) is 21.2 Å². The van der Waals surface area contributed by atoms with Crippen LogP contribution < -0.4 is 11.1 Å². The van der Waals surface area contributed by atoms with E-state index in [4.69, 9.17) is 17.3 Å². The monoisotopic (exact) mass is 328 g/mol. The zero-order valence-electron chi connectivity index (χ0n) is 9.60. The molecule has 94 valence electrons. The molecule has 0 spiro atoms. The minimum absolute atomic E-state index is 0.0168. The van der Waals surface area contributed by atoms with E-state index in [0.29, 0.717) is 11.4 Å². The second-order valence-corrected chi connectivity index (χ2v) is 5.20. The second kappa shape index (κ2) is 5.16. The molecule has 0 aliphatic carbocycles. The van der Waals surface area contributed by atoms with Gasteiger partial charge in [0.25, 0.3) is 0 Å². The molecule has 2 aromatic rings. The second-order valence-electron chi connectivity index (χ2n) is 3.94. The third kappa shape index (κ3) is 2.76. The highest BCUT2D eigenvalue weighted by atomic mass is 79.9. The third-order valence-corrected chi connectivity index (χ3v) is 3.69. The Hall–Kier alpha value is -1.26. The van der Waals surface area contributed by atoms with Crippen LogP contribution in [0.15, 0.2) is 34.8 Å². The molecule has 0 aliphatic rings. The van der Waals surface area contributed by atoms with Crippen molar-refractivity contribution in [2.75, 3.05) is 11.1 Å². The van der Waals surface area contributed by atoms with Gasteiger partial charge in [-0.3, -0.25) is 0 Å². The number of hydrogen-bond acceptors (Lipinski definition) is 2. The third-order valence-electron chi connectivity index (χ3n) is 2.54. The van der Waals surface area contributed by atoms with Crippen LogP contribution in [0.4, 0.5) is 21.5 Å². The van der Waals surface area contributed by atoms with E-state index < -0.39 is 5.82 Å². The van der Waals surface area contributed by atoms with Gasteiger partial charge in [-0.25, -0.2) is 4.39 Å². The predicted octanol–water partition coefficient (Wildman–Crippen LogP) is 4.88. The Bertz CT molecular complexity index is 602. The molecule has 0 heterocycles. The first kappa shape index (κ1) is 13.2. The van der Waals surface area contributed by atoms with Crippen molar-refractivity contribution in [3.05, 3.63) is 51.2 Å². The number of anilines is 3. The fourth-order valence-electron chi connectivity index (χ4n) is 1.50. The van der Waals surface area contributed by atoms with Crippen molar-refractivity contribution >= 4 is 44.6 Å². The van der Waals surface area contributed by atoms with Crippen LogP contribution in [0.2, 0.25) is 5.02 Å². The first-order valence-electron chi connectivity index (χ1n) is 5.25. The van der Waals surface area contributed by atoms with Gasteiger partial charge in [-0.15, -0.1) is 0 Å². The maximum absolute atomic E-state index is 13.4. The van der Waals surface area contributed by atoms with Gasteiger partial charge in [0.2, 0.25) is 0 Å². The van der Waals surface area contributed by atoms with E-state index >= 15 is 0 Å². The summed E-state index contributed by atoms with van der Waals surface area (Å²) in [4.78, 5) is 0. The number of halogens is 3. The summed E-state index contributed by atoms with van der Waals surface area (Å²) in [7, 11) is 0. The lowest BCUT2D eigenvalue weighted by atomic mass is 10.2. The maximum Gasteiger partial charge on any atom is 0.144 e. The summed E-state index contributed by atoms with van der Waals surface area (Å²) in [6.07, 6.45) is 0. The molecule has 2 nitrogen and oxygen atoms in total. The Morgan fingerprint density at radius 3 is 2.67 bits per heavy atom. The molecule has 0 bridgehead atoms. The van der Waals surface area contributed by atoms with Gasteiger partial charge in [0.05, 0.1) is 16.4 Å². The molecule has 0 aliphatic heterocycles. The van der Waals surface area contributed by atoms with Crippen LogP contribution >= 0.6 is 27.5 Å². The number of hydrogen-bond donors (Lipinski definition) is 2. The molecular weight excluding hydrogens is 319 g/mol. The lowest BCUT2D eigenvalue weighted by molar-refractivity contribution is 0.629. The predicted molar refractivity (Wildman–Crippen MR) is 78.0 cm³/mol. The van der Waals surface area contributed by atoms with Gasteiger partial charge in [0.1, 0.15) is 5.82 Å². The number of rotatable bonds is 2. The summed E-state index contributed by atoms with van der Waals surface area (Å²) >= 11 is 9.08. The summed E-state index contributed by atoms with van der Waals surface area (Å²) < 4.78 is 14.3. The number of benzene rings is 2. The standard InChI is InChI=1S/C13H11BrClFN2/c1-7-2-3-8(4-9(7)14)18-13-6-11(16)10(15)5-12(13)17/h2-6,18H,17H2,1H3. The summed E-state index contributed by atoms with van der Waals surface area (Å²) in [6.45, 7) is 1.99. The van der Waals surface area contributed by atoms with Gasteiger partial charge in [-0.05, 0) is 30.7 Å². The molecular formula is C13H11BrClFN2. The molecule has 2 rings (SSSR count). The Kier molecular flexibility index (Phi) is 3.78. The van der Waals surface area contributed by atoms with E-state index in [0.717, 1.165) is 15.7 Å². The summed E-state index contributed by atoms with van der Waals surface area (Å²) in [5.41, 5.74) is 8.62. The number of aryl methyl sites for hydroxylation is 1. The SMILES string of the molecule is Cc1ccc(Nc2cc(F)c(Cl)cc2N)cc1Br. The molecule has 0 saturated heterocycles. The van der Waals surface area contributed by atoms with Crippen molar-refractivity contribution < 1.29 is 4.39 Å². The molecule has 0 fully saturated rings. The molecule has 0 saturated carbocycles. The highest BCUT2D eigenvalue weighted by Gasteiger charge is 2.07. The summed E-state index contributed by atoms with van der Waals surface area (Å²) in [6, 6.07) is 8.43. The van der Waals surface area contributed by atoms with E-state index in [1.807, 2.05) is 25.1 Å². The Morgan fingerprint density at radius 2 is 2.00 bits per heavy atom. The largest absolute Gasteiger partial charge is 0.397 e. The van der Waals surface area contributed by atoms with Gasteiger partial charge in [-0.1, -0.05) is 33.6 Å². The Morgan fingerprint density at radius 1 is 1.28 bits per heavy atom. The van der Waals surface area contributed by atoms with Crippen LogP contribution in [0.3, 0.4) is 0 Å². The summed E-state index contributed by atoms with van der Waals surface area (Å²) in [5.74, 6) is -0.500. The van der Waals surface area contributed by atoms with Gasteiger partial charge < -0.3 is 11.1 Å². The molecule has 0 amide bonds. The first-order chi connectivity index (χ1) is 8.47. The summed E-state index contributed by atoms with van der Waals surface area (Å²) in [5, 5.41) is 3.07.